The Morgan fingerprint density at radius 1 is 0.452 bits per heavy atom. The molecule has 0 fully saturated rings. The minimum atomic E-state index is -0.677. The fourth-order valence-electron chi connectivity index (χ4n) is 8.51. The molecule has 2 unspecified atom stereocenters. The summed E-state index contributed by atoms with van der Waals surface area (Å²) in [6.07, 6.45) is 61.6. The zero-order chi connectivity index (χ0) is 45.1. The quantitative estimate of drug-likeness (QED) is 0.0321. The third-order valence-electron chi connectivity index (χ3n) is 12.8. The van der Waals surface area contributed by atoms with Crippen LogP contribution in [0.5, 0.6) is 0 Å². The third kappa shape index (κ3) is 47.8. The lowest BCUT2D eigenvalue weighted by molar-refractivity contribution is -0.143. The number of allylic oxidation sites excluding steroid dienone is 4. The van der Waals surface area contributed by atoms with E-state index in [4.69, 9.17) is 4.74 Å². The van der Waals surface area contributed by atoms with Crippen LogP contribution in [0.3, 0.4) is 0 Å². The van der Waals surface area contributed by atoms with Crippen molar-refractivity contribution < 1.29 is 24.5 Å². The number of nitrogens with one attached hydrogen (secondary N) is 1. The van der Waals surface area contributed by atoms with Gasteiger partial charge in [0.1, 0.15) is 0 Å². The van der Waals surface area contributed by atoms with Crippen LogP contribution in [0.4, 0.5) is 0 Å². The van der Waals surface area contributed by atoms with Crippen LogP contribution in [0.2, 0.25) is 0 Å². The molecule has 3 N–H and O–H groups in total. The van der Waals surface area contributed by atoms with Gasteiger partial charge in [0.05, 0.1) is 25.4 Å². The Labute approximate surface area is 386 Å². The molecular weight excluding hydrogens is 767 g/mol. The Balaban J connectivity index is 3.48. The van der Waals surface area contributed by atoms with Crippen LogP contribution in [0.15, 0.2) is 24.3 Å². The van der Waals surface area contributed by atoms with Gasteiger partial charge in [-0.1, -0.05) is 250 Å². The molecule has 1 amide bonds. The second-order valence-corrected chi connectivity index (χ2v) is 18.9. The number of hydrogen-bond donors (Lipinski definition) is 3. The number of ether oxygens (including phenoxy) is 1. The lowest BCUT2D eigenvalue weighted by Crippen LogP contribution is -2.45. The molecule has 6 nitrogen and oxygen atoms in total. The summed E-state index contributed by atoms with van der Waals surface area (Å²) in [6.45, 7) is 4.90. The van der Waals surface area contributed by atoms with E-state index in [2.05, 4.69) is 43.5 Å². The highest BCUT2D eigenvalue weighted by Gasteiger charge is 2.20. The Morgan fingerprint density at radius 2 is 0.790 bits per heavy atom. The van der Waals surface area contributed by atoms with Gasteiger partial charge in [0.2, 0.25) is 5.91 Å². The predicted octanol–water partition coefficient (Wildman–Crippen LogP) is 16.7. The van der Waals surface area contributed by atoms with Crippen LogP contribution in [0.1, 0.15) is 296 Å². The Kier molecular flexibility index (Phi) is 50.6. The summed E-state index contributed by atoms with van der Waals surface area (Å²) in [5, 5.41) is 23.2. The van der Waals surface area contributed by atoms with Gasteiger partial charge < -0.3 is 20.3 Å². The van der Waals surface area contributed by atoms with E-state index in [1.54, 1.807) is 0 Å². The van der Waals surface area contributed by atoms with Gasteiger partial charge in [-0.3, -0.25) is 9.59 Å². The van der Waals surface area contributed by atoms with Crippen molar-refractivity contribution in [2.75, 3.05) is 13.2 Å². The van der Waals surface area contributed by atoms with E-state index in [9.17, 15) is 19.8 Å². The summed E-state index contributed by atoms with van der Waals surface area (Å²) in [6, 6.07) is -0.556. The molecular formula is C56H107NO5. The standard InChI is InChI=1S/C56H107NO5/c1-3-5-7-9-11-13-15-17-18-19-20-23-26-30-34-38-42-46-50-56(61)62-51-47-43-39-35-31-27-24-21-22-25-29-33-37-41-45-49-55(60)57-53(52-58)54(59)48-44-40-36-32-28-16-14-12-10-8-6-4-2/h21,24,27,31,53-54,58-59H,3-20,22-23,25-26,28-30,32-52H2,1-2H3,(H,57,60)/b24-21-,31-27-. The molecule has 0 aliphatic heterocycles. The first-order valence-electron chi connectivity index (χ1n) is 27.6. The second-order valence-electron chi connectivity index (χ2n) is 18.9. The average Bonchev–Trinajstić information content (AvgIpc) is 3.27. The molecule has 0 bridgehead atoms. The lowest BCUT2D eigenvalue weighted by atomic mass is 10.0. The number of hydrogen-bond acceptors (Lipinski definition) is 5. The normalized spacial score (nSPS) is 12.8. The van der Waals surface area contributed by atoms with Crippen molar-refractivity contribution in [1.29, 1.82) is 0 Å². The lowest BCUT2D eigenvalue weighted by Gasteiger charge is -2.22. The van der Waals surface area contributed by atoms with E-state index in [1.807, 2.05) is 0 Å². The van der Waals surface area contributed by atoms with Gasteiger partial charge in [0.15, 0.2) is 0 Å². The van der Waals surface area contributed by atoms with Gasteiger partial charge >= 0.3 is 5.97 Å². The summed E-state index contributed by atoms with van der Waals surface area (Å²) >= 11 is 0. The maximum atomic E-state index is 12.4. The number of amides is 1. The summed E-state index contributed by atoms with van der Waals surface area (Å²) in [4.78, 5) is 24.5. The Morgan fingerprint density at radius 3 is 1.19 bits per heavy atom. The summed E-state index contributed by atoms with van der Waals surface area (Å²) < 4.78 is 5.46. The highest BCUT2D eigenvalue weighted by molar-refractivity contribution is 5.76. The molecule has 0 aliphatic carbocycles. The van der Waals surface area contributed by atoms with E-state index >= 15 is 0 Å². The fraction of sp³-hybridized carbons (Fsp3) is 0.893. The molecule has 0 spiro atoms. The van der Waals surface area contributed by atoms with E-state index < -0.39 is 12.1 Å². The maximum Gasteiger partial charge on any atom is 0.305 e. The van der Waals surface area contributed by atoms with Crippen molar-refractivity contribution in [3.8, 4) is 0 Å². The van der Waals surface area contributed by atoms with Crippen LogP contribution in [0, 0.1) is 0 Å². The van der Waals surface area contributed by atoms with Crippen molar-refractivity contribution in [1.82, 2.24) is 5.32 Å². The number of rotatable bonds is 51. The smallest absolute Gasteiger partial charge is 0.305 e. The van der Waals surface area contributed by atoms with Crippen LogP contribution in [0.25, 0.3) is 0 Å². The molecule has 6 heteroatoms. The SMILES string of the molecule is CCCCCCCCCCCCCCCCCCCCC(=O)OCCCCC/C=C\C=C/CCCCCCCCC(=O)NC(CO)C(O)CCCCCCCCCCCCCC. The molecule has 366 valence electrons. The van der Waals surface area contributed by atoms with Gasteiger partial charge in [-0.2, -0.15) is 0 Å². The maximum absolute atomic E-state index is 12.4. The van der Waals surface area contributed by atoms with Crippen molar-refractivity contribution in [3.05, 3.63) is 24.3 Å². The van der Waals surface area contributed by atoms with Gasteiger partial charge in [0.25, 0.3) is 0 Å². The molecule has 0 rings (SSSR count). The third-order valence-corrected chi connectivity index (χ3v) is 12.8. The first kappa shape index (κ1) is 60.3. The topological polar surface area (TPSA) is 95.9 Å². The number of esters is 1. The second kappa shape index (κ2) is 52.0. The zero-order valence-electron chi connectivity index (χ0n) is 41.6. The molecule has 0 heterocycles. The van der Waals surface area contributed by atoms with Crippen molar-refractivity contribution in [2.45, 2.75) is 309 Å². The summed E-state index contributed by atoms with van der Waals surface area (Å²) in [5.74, 6) is -0.0749. The molecule has 2 atom stereocenters. The Hall–Kier alpha value is -1.66. The van der Waals surface area contributed by atoms with E-state index in [0.29, 0.717) is 25.9 Å². The van der Waals surface area contributed by atoms with Crippen molar-refractivity contribution in [2.24, 2.45) is 0 Å². The highest BCUT2D eigenvalue weighted by Crippen LogP contribution is 2.17. The van der Waals surface area contributed by atoms with Crippen molar-refractivity contribution >= 4 is 11.9 Å². The van der Waals surface area contributed by atoms with Crippen LogP contribution >= 0.6 is 0 Å². The summed E-state index contributed by atoms with van der Waals surface area (Å²) in [7, 11) is 0. The monoisotopic (exact) mass is 874 g/mol. The minimum Gasteiger partial charge on any atom is -0.466 e. The molecule has 62 heavy (non-hydrogen) atoms. The number of aliphatic hydroxyl groups excluding tert-OH is 2. The van der Waals surface area contributed by atoms with E-state index in [0.717, 1.165) is 77.0 Å². The minimum absolute atomic E-state index is 0.0173. The Bertz CT molecular complexity index is 966. The fourth-order valence-corrected chi connectivity index (χ4v) is 8.51. The molecule has 0 aromatic rings. The van der Waals surface area contributed by atoms with E-state index in [-0.39, 0.29) is 18.5 Å². The highest BCUT2D eigenvalue weighted by atomic mass is 16.5. The van der Waals surface area contributed by atoms with Gasteiger partial charge in [-0.25, -0.2) is 0 Å². The van der Waals surface area contributed by atoms with E-state index in [1.165, 1.54) is 186 Å². The molecule has 0 saturated heterocycles. The van der Waals surface area contributed by atoms with Crippen LogP contribution < -0.4 is 5.32 Å². The first-order chi connectivity index (χ1) is 30.5. The molecule has 0 aliphatic rings. The van der Waals surface area contributed by atoms with Crippen LogP contribution in [-0.4, -0.2) is 47.4 Å². The number of unbranched alkanes of at least 4 members (excludes halogenated alkanes) is 37. The van der Waals surface area contributed by atoms with Gasteiger partial charge in [-0.05, 0) is 57.8 Å². The molecule has 0 saturated carbocycles. The van der Waals surface area contributed by atoms with Crippen LogP contribution in [-0.2, 0) is 14.3 Å². The molecule has 0 radical (unpaired) electrons. The largest absolute Gasteiger partial charge is 0.466 e. The number of carbonyl (C=O) groups excluding carboxylic acids is 2. The first-order valence-corrected chi connectivity index (χ1v) is 27.6. The van der Waals surface area contributed by atoms with Gasteiger partial charge in [0, 0.05) is 12.8 Å². The average molecular weight is 874 g/mol. The predicted molar refractivity (Wildman–Crippen MR) is 269 cm³/mol. The van der Waals surface area contributed by atoms with Gasteiger partial charge in [-0.15, -0.1) is 0 Å². The number of aliphatic hydroxyl groups is 2. The molecule has 0 aromatic heterocycles. The zero-order valence-corrected chi connectivity index (χ0v) is 41.6. The summed E-state index contributed by atoms with van der Waals surface area (Å²) in [5.41, 5.74) is 0. The molecule has 0 aromatic carbocycles. The number of carbonyl (C=O) groups is 2. The van der Waals surface area contributed by atoms with Crippen molar-refractivity contribution in [3.63, 3.8) is 0 Å².